The molecule has 5 rings (SSSR count). The van der Waals surface area contributed by atoms with E-state index in [1.807, 2.05) is 12.1 Å². The van der Waals surface area contributed by atoms with Crippen molar-refractivity contribution in [2.24, 2.45) is 0 Å². The predicted octanol–water partition coefficient (Wildman–Crippen LogP) is 3.31. The van der Waals surface area contributed by atoms with Crippen LogP contribution in [0.2, 0.25) is 10.0 Å². The average molecular weight is 462 g/mol. The number of carbonyl (C=O) groups is 2. The lowest BCUT2D eigenvalue weighted by atomic mass is 10.1. The van der Waals surface area contributed by atoms with Gasteiger partial charge in [0.05, 0.1) is 16.3 Å². The van der Waals surface area contributed by atoms with Crippen molar-refractivity contribution in [3.8, 4) is 5.75 Å². The van der Waals surface area contributed by atoms with E-state index < -0.39 is 11.8 Å². The second-order valence-corrected chi connectivity index (χ2v) is 8.98. The Hall–Kier alpha value is -2.48. The van der Waals surface area contributed by atoms with Crippen LogP contribution < -0.4 is 10.1 Å². The molecule has 2 fully saturated rings. The van der Waals surface area contributed by atoms with Gasteiger partial charge in [0.15, 0.2) is 6.23 Å². The number of fused-ring (bicyclic) bond motifs is 1. The zero-order valence-electron chi connectivity index (χ0n) is 16.6. The van der Waals surface area contributed by atoms with Crippen LogP contribution in [-0.4, -0.2) is 58.5 Å². The van der Waals surface area contributed by atoms with Crippen molar-refractivity contribution < 1.29 is 19.4 Å². The molecule has 0 aromatic heterocycles. The molecular weight excluding hydrogens is 441 g/mol. The van der Waals surface area contributed by atoms with Crippen LogP contribution in [0.5, 0.6) is 5.75 Å². The molecule has 3 aliphatic rings. The number of carbonyl (C=O) groups excluding carboxylic acids is 2. The van der Waals surface area contributed by atoms with Crippen LogP contribution in [-0.2, 0) is 4.79 Å². The lowest BCUT2D eigenvalue weighted by molar-refractivity contribution is -0.143. The van der Waals surface area contributed by atoms with Crippen LogP contribution in [0.3, 0.4) is 0 Å². The van der Waals surface area contributed by atoms with E-state index in [0.29, 0.717) is 60.4 Å². The van der Waals surface area contributed by atoms with E-state index in [1.54, 1.807) is 34.1 Å². The van der Waals surface area contributed by atoms with E-state index in [2.05, 4.69) is 5.32 Å². The summed E-state index contributed by atoms with van der Waals surface area (Å²) in [6.07, 6.45) is 0.618. The van der Waals surface area contributed by atoms with Crippen LogP contribution in [0, 0.1) is 0 Å². The Bertz CT molecular complexity index is 1060. The van der Waals surface area contributed by atoms with Crippen LogP contribution in [0.1, 0.15) is 35.0 Å². The second-order valence-electron chi connectivity index (χ2n) is 8.14. The number of amides is 2. The molecule has 1 aliphatic carbocycles. The highest BCUT2D eigenvalue weighted by Gasteiger charge is 2.50. The summed E-state index contributed by atoms with van der Waals surface area (Å²) in [4.78, 5) is 28.6. The Morgan fingerprint density at radius 3 is 2.42 bits per heavy atom. The van der Waals surface area contributed by atoms with Gasteiger partial charge in [-0.1, -0.05) is 29.3 Å². The number of hydrogen-bond acceptors (Lipinski definition) is 5. The molecule has 1 saturated heterocycles. The summed E-state index contributed by atoms with van der Waals surface area (Å²) < 4.78 is 5.90. The van der Waals surface area contributed by atoms with Crippen molar-refractivity contribution in [2.45, 2.75) is 24.7 Å². The molecule has 31 heavy (non-hydrogen) atoms. The zero-order chi connectivity index (χ0) is 21.8. The molecule has 1 unspecified atom stereocenters. The molecular formula is C22H21Cl2N3O4. The summed E-state index contributed by atoms with van der Waals surface area (Å²) in [5.41, 5.74) is 0.868. The second kappa shape index (κ2) is 7.58. The summed E-state index contributed by atoms with van der Waals surface area (Å²) in [7, 11) is 0. The van der Waals surface area contributed by atoms with Crippen molar-refractivity contribution in [2.75, 3.05) is 31.5 Å². The van der Waals surface area contributed by atoms with Crippen LogP contribution in [0.4, 0.5) is 5.69 Å². The molecule has 0 radical (unpaired) electrons. The Morgan fingerprint density at radius 1 is 1.03 bits per heavy atom. The van der Waals surface area contributed by atoms with Gasteiger partial charge >= 0.3 is 0 Å². The summed E-state index contributed by atoms with van der Waals surface area (Å²) in [6.45, 7) is 1.62. The lowest BCUT2D eigenvalue weighted by Gasteiger charge is -2.36. The monoisotopic (exact) mass is 461 g/mol. The van der Waals surface area contributed by atoms with Gasteiger partial charge in [-0.05, 0) is 37.1 Å². The first kappa shape index (κ1) is 20.4. The highest BCUT2D eigenvalue weighted by molar-refractivity contribution is 6.34. The normalized spacial score (nSPS) is 21.2. The number of hydrogen-bond donors (Lipinski definition) is 2. The first-order chi connectivity index (χ1) is 14.8. The van der Waals surface area contributed by atoms with E-state index in [9.17, 15) is 14.7 Å². The fourth-order valence-electron chi connectivity index (χ4n) is 3.94. The third kappa shape index (κ3) is 3.82. The quantitative estimate of drug-likeness (QED) is 0.732. The van der Waals surface area contributed by atoms with Gasteiger partial charge in [0.25, 0.3) is 11.8 Å². The number of benzene rings is 2. The first-order valence-electron chi connectivity index (χ1n) is 10.2. The van der Waals surface area contributed by atoms with E-state index >= 15 is 0 Å². The third-order valence-electron chi connectivity index (χ3n) is 5.98. The minimum absolute atomic E-state index is 0.177. The van der Waals surface area contributed by atoms with Gasteiger partial charge in [-0.25, -0.2) is 0 Å². The SMILES string of the molecule is O=C(c1ccc(C2Nc3ccc(Cl)cc3O2)cc1Cl)N1CCN(C(=O)C2(O)CC2)CC1. The molecule has 7 nitrogen and oxygen atoms in total. The van der Waals surface area contributed by atoms with Gasteiger partial charge in [0, 0.05) is 42.8 Å². The Kier molecular flexibility index (Phi) is 5.00. The molecule has 2 heterocycles. The topological polar surface area (TPSA) is 82.1 Å². The van der Waals surface area contributed by atoms with Crippen molar-refractivity contribution in [1.29, 1.82) is 0 Å². The molecule has 2 N–H and O–H groups in total. The average Bonchev–Trinajstić information content (AvgIpc) is 3.38. The van der Waals surface area contributed by atoms with Crippen molar-refractivity contribution in [1.82, 2.24) is 9.80 Å². The van der Waals surface area contributed by atoms with Crippen molar-refractivity contribution in [3.05, 3.63) is 57.6 Å². The molecule has 0 spiro atoms. The minimum Gasteiger partial charge on any atom is -0.464 e. The number of aliphatic hydroxyl groups is 1. The highest BCUT2D eigenvalue weighted by Crippen LogP contribution is 2.40. The molecule has 1 saturated carbocycles. The molecule has 1 atom stereocenters. The summed E-state index contributed by atoms with van der Waals surface area (Å²) >= 11 is 12.5. The third-order valence-corrected chi connectivity index (χ3v) is 6.52. The highest BCUT2D eigenvalue weighted by atomic mass is 35.5. The largest absolute Gasteiger partial charge is 0.464 e. The van der Waals surface area contributed by atoms with Crippen LogP contribution in [0.25, 0.3) is 0 Å². The fraction of sp³-hybridized carbons (Fsp3) is 0.364. The van der Waals surface area contributed by atoms with Gasteiger partial charge in [-0.15, -0.1) is 0 Å². The van der Waals surface area contributed by atoms with Gasteiger partial charge in [-0.2, -0.15) is 0 Å². The Labute approximate surface area is 189 Å². The lowest BCUT2D eigenvalue weighted by Crippen LogP contribution is -2.53. The molecule has 162 valence electrons. The molecule has 2 aromatic rings. The first-order valence-corrected chi connectivity index (χ1v) is 10.9. The van der Waals surface area contributed by atoms with Gasteiger partial charge in [-0.3, -0.25) is 9.59 Å². The maximum Gasteiger partial charge on any atom is 0.255 e. The molecule has 2 aliphatic heterocycles. The van der Waals surface area contributed by atoms with Crippen molar-refractivity contribution >= 4 is 40.7 Å². The number of nitrogens with zero attached hydrogens (tertiary/aromatic N) is 2. The van der Waals surface area contributed by atoms with Crippen LogP contribution in [0.15, 0.2) is 36.4 Å². The predicted molar refractivity (Wildman–Crippen MR) is 117 cm³/mol. The molecule has 2 amide bonds. The maximum absolute atomic E-state index is 13.0. The van der Waals surface area contributed by atoms with E-state index in [1.165, 1.54) is 0 Å². The number of anilines is 1. The fourth-order valence-corrected chi connectivity index (χ4v) is 4.37. The van der Waals surface area contributed by atoms with Gasteiger partial charge in [0.1, 0.15) is 11.4 Å². The number of nitrogens with one attached hydrogen (secondary N) is 1. The molecule has 9 heteroatoms. The summed E-state index contributed by atoms with van der Waals surface area (Å²) in [6, 6.07) is 10.6. The summed E-state index contributed by atoms with van der Waals surface area (Å²) in [5, 5.41) is 14.2. The minimum atomic E-state index is -1.17. The number of halogens is 2. The smallest absolute Gasteiger partial charge is 0.255 e. The van der Waals surface area contributed by atoms with Crippen molar-refractivity contribution in [3.63, 3.8) is 0 Å². The number of rotatable bonds is 3. The zero-order valence-corrected chi connectivity index (χ0v) is 18.1. The number of piperazine rings is 1. The summed E-state index contributed by atoms with van der Waals surface area (Å²) in [5.74, 6) is 0.259. The standard InChI is InChI=1S/C22H21Cl2N3O4/c23-14-2-4-17-18(12-14)31-19(25-17)13-1-3-15(16(24)11-13)20(28)26-7-9-27(10-8-26)21(29)22(30)5-6-22/h1-4,11-12,19,25,30H,5-10H2. The molecule has 0 bridgehead atoms. The van der Waals surface area contributed by atoms with E-state index in [4.69, 9.17) is 27.9 Å². The van der Waals surface area contributed by atoms with E-state index in [0.717, 1.165) is 11.3 Å². The van der Waals surface area contributed by atoms with E-state index in [-0.39, 0.29) is 11.8 Å². The van der Waals surface area contributed by atoms with Crippen LogP contribution >= 0.6 is 23.2 Å². The Morgan fingerprint density at radius 2 is 1.74 bits per heavy atom. The molecule has 2 aromatic carbocycles. The number of ether oxygens (including phenoxy) is 1. The van der Waals surface area contributed by atoms with Gasteiger partial charge in [0.2, 0.25) is 0 Å². The maximum atomic E-state index is 13.0. The van der Waals surface area contributed by atoms with Gasteiger partial charge < -0.3 is 25.0 Å². The Balaban J connectivity index is 1.24.